The molecule has 0 fully saturated rings. The molecule has 1 aliphatic rings. The van der Waals surface area contributed by atoms with Gasteiger partial charge in [-0.2, -0.15) is 5.10 Å². The monoisotopic (exact) mass is 367 g/mol. The van der Waals surface area contributed by atoms with Crippen molar-refractivity contribution in [3.05, 3.63) is 57.8 Å². The van der Waals surface area contributed by atoms with Crippen LogP contribution in [0.15, 0.2) is 46.9 Å². The molecule has 1 N–H and O–H groups in total. The number of hydrogen-bond acceptors (Lipinski definition) is 4. The lowest BCUT2D eigenvalue weighted by molar-refractivity contribution is 0.0959. The number of amides is 1. The number of nitrogens with one attached hydrogen (secondary N) is 1. The average molecular weight is 368 g/mol. The highest BCUT2D eigenvalue weighted by Gasteiger charge is 2.32. The van der Waals surface area contributed by atoms with Crippen LogP contribution >= 0.6 is 11.3 Å². The van der Waals surface area contributed by atoms with Crippen LogP contribution in [0.5, 0.6) is 0 Å². The number of benzene rings is 1. The first-order chi connectivity index (χ1) is 12.3. The first-order valence-corrected chi connectivity index (χ1v) is 9.67. The first kappa shape index (κ1) is 18.4. The van der Waals surface area contributed by atoms with Crippen molar-refractivity contribution in [3.63, 3.8) is 0 Å². The Morgan fingerprint density at radius 1 is 1.31 bits per heavy atom. The molecule has 0 saturated carbocycles. The van der Waals surface area contributed by atoms with E-state index in [2.05, 4.69) is 68.3 Å². The second-order valence-corrected chi connectivity index (χ2v) is 8.35. The number of thiophene rings is 1. The van der Waals surface area contributed by atoms with Crippen molar-refractivity contribution < 1.29 is 4.79 Å². The highest BCUT2D eigenvalue weighted by Crippen LogP contribution is 2.40. The lowest BCUT2D eigenvalue weighted by atomic mass is 9.87. The van der Waals surface area contributed by atoms with Crippen LogP contribution in [0.2, 0.25) is 0 Å². The molecule has 0 atom stereocenters. The quantitative estimate of drug-likeness (QED) is 0.616. The van der Waals surface area contributed by atoms with Crippen LogP contribution in [0, 0.1) is 0 Å². The van der Waals surface area contributed by atoms with E-state index in [1.165, 1.54) is 28.2 Å². The number of hydrogen-bond donors (Lipinski definition) is 1. The summed E-state index contributed by atoms with van der Waals surface area (Å²) in [5.41, 5.74) is 7.25. The minimum absolute atomic E-state index is 0.0183. The second-order valence-electron chi connectivity index (χ2n) is 7.40. The van der Waals surface area contributed by atoms with Crippen LogP contribution in [0.4, 0.5) is 5.69 Å². The third-order valence-corrected chi connectivity index (χ3v) is 5.41. The zero-order valence-electron chi connectivity index (χ0n) is 15.9. The molecule has 3 rings (SSSR count). The highest BCUT2D eigenvalue weighted by molar-refractivity contribution is 7.12. The van der Waals surface area contributed by atoms with Gasteiger partial charge in [0.15, 0.2) is 0 Å². The van der Waals surface area contributed by atoms with E-state index in [0.717, 1.165) is 5.56 Å². The molecule has 1 aliphatic heterocycles. The molecular weight excluding hydrogens is 342 g/mol. The maximum Gasteiger partial charge on any atom is 0.281 e. The van der Waals surface area contributed by atoms with Gasteiger partial charge in [0.1, 0.15) is 0 Å². The average Bonchev–Trinajstić information content (AvgIpc) is 3.08. The predicted molar refractivity (Wildman–Crippen MR) is 111 cm³/mol. The molecule has 2 heterocycles. The largest absolute Gasteiger partial charge is 0.360 e. The van der Waals surface area contributed by atoms with Gasteiger partial charge in [-0.1, -0.05) is 18.2 Å². The summed E-state index contributed by atoms with van der Waals surface area (Å²) in [5.74, 6) is -0.182. The molecule has 0 bridgehead atoms. The van der Waals surface area contributed by atoms with Crippen LogP contribution in [0.3, 0.4) is 0 Å². The Hall–Kier alpha value is -2.40. The van der Waals surface area contributed by atoms with E-state index >= 15 is 0 Å². The molecule has 1 aromatic heterocycles. The standard InChI is InChI=1S/C21H25N3OS/c1-14(2)24-18-9-8-16(11-17(18)15(3)12-21(24,4)5)13-22-23-20(25)19-7-6-10-26-19/h6-14H,1-5H3,(H,23,25)/b22-13+. The Morgan fingerprint density at radius 2 is 2.08 bits per heavy atom. The fraction of sp³-hybridized carbons (Fsp3) is 0.333. The maximum absolute atomic E-state index is 11.9. The van der Waals surface area contributed by atoms with Gasteiger partial charge in [-0.25, -0.2) is 5.43 Å². The minimum Gasteiger partial charge on any atom is -0.360 e. The lowest BCUT2D eigenvalue weighted by Gasteiger charge is -2.46. The van der Waals surface area contributed by atoms with E-state index in [1.807, 2.05) is 17.5 Å². The molecule has 26 heavy (non-hydrogen) atoms. The second kappa shape index (κ2) is 7.08. The highest BCUT2D eigenvalue weighted by atomic mass is 32.1. The molecule has 0 aliphatic carbocycles. The normalized spacial score (nSPS) is 15.9. The van der Waals surface area contributed by atoms with Crippen molar-refractivity contribution in [3.8, 4) is 0 Å². The predicted octanol–water partition coefficient (Wildman–Crippen LogP) is 4.92. The summed E-state index contributed by atoms with van der Waals surface area (Å²) in [6.07, 6.45) is 4.01. The van der Waals surface area contributed by atoms with Crippen LogP contribution in [0.1, 0.15) is 55.4 Å². The van der Waals surface area contributed by atoms with Crippen LogP contribution in [-0.4, -0.2) is 23.7 Å². The van der Waals surface area contributed by atoms with E-state index in [0.29, 0.717) is 10.9 Å². The van der Waals surface area contributed by atoms with Crippen molar-refractivity contribution in [1.29, 1.82) is 0 Å². The zero-order chi connectivity index (χ0) is 18.9. The van der Waals surface area contributed by atoms with E-state index in [-0.39, 0.29) is 11.4 Å². The molecule has 0 spiro atoms. The number of carbonyl (C=O) groups excluding carboxylic acids is 1. The van der Waals surface area contributed by atoms with Gasteiger partial charge in [0.25, 0.3) is 5.91 Å². The van der Waals surface area contributed by atoms with Crippen molar-refractivity contribution >= 4 is 34.7 Å². The van der Waals surface area contributed by atoms with Gasteiger partial charge in [0, 0.05) is 17.3 Å². The van der Waals surface area contributed by atoms with Crippen LogP contribution < -0.4 is 10.3 Å². The molecule has 2 aromatic rings. The van der Waals surface area contributed by atoms with Crippen LogP contribution in [-0.2, 0) is 0 Å². The molecule has 1 aromatic carbocycles. The van der Waals surface area contributed by atoms with Crippen molar-refractivity contribution in [2.24, 2.45) is 5.10 Å². The number of anilines is 1. The van der Waals surface area contributed by atoms with Gasteiger partial charge >= 0.3 is 0 Å². The van der Waals surface area contributed by atoms with Crippen molar-refractivity contribution in [2.45, 2.75) is 46.2 Å². The number of carbonyl (C=O) groups is 1. The molecule has 1 amide bonds. The summed E-state index contributed by atoms with van der Waals surface area (Å²) < 4.78 is 0. The maximum atomic E-state index is 11.9. The third kappa shape index (κ3) is 3.58. The number of allylic oxidation sites excluding steroid dienone is 1. The molecule has 0 unspecified atom stereocenters. The number of rotatable bonds is 4. The van der Waals surface area contributed by atoms with Gasteiger partial charge in [0.2, 0.25) is 0 Å². The molecule has 136 valence electrons. The van der Waals surface area contributed by atoms with E-state index in [1.54, 1.807) is 12.3 Å². The Balaban J connectivity index is 1.83. The molecule has 0 saturated heterocycles. The summed E-state index contributed by atoms with van der Waals surface area (Å²) >= 11 is 1.40. The van der Waals surface area contributed by atoms with E-state index < -0.39 is 0 Å². The van der Waals surface area contributed by atoms with Gasteiger partial charge < -0.3 is 4.90 Å². The summed E-state index contributed by atoms with van der Waals surface area (Å²) in [7, 11) is 0. The van der Waals surface area contributed by atoms with E-state index in [9.17, 15) is 4.79 Å². The molecule has 0 radical (unpaired) electrons. The molecule has 4 nitrogen and oxygen atoms in total. The SMILES string of the molecule is CC1=CC(C)(C)N(C(C)C)c2ccc(/C=N/NC(=O)c3cccs3)cc21. The van der Waals surface area contributed by atoms with Crippen molar-refractivity contribution in [2.75, 3.05) is 4.90 Å². The van der Waals surface area contributed by atoms with Crippen molar-refractivity contribution in [1.82, 2.24) is 5.43 Å². The fourth-order valence-corrected chi connectivity index (χ4v) is 4.33. The first-order valence-electron chi connectivity index (χ1n) is 8.80. The number of fused-ring (bicyclic) bond motifs is 1. The fourth-order valence-electron chi connectivity index (χ4n) is 3.72. The topological polar surface area (TPSA) is 44.7 Å². The van der Waals surface area contributed by atoms with Crippen LogP contribution in [0.25, 0.3) is 5.57 Å². The van der Waals surface area contributed by atoms with Gasteiger partial charge in [-0.05, 0) is 69.3 Å². The Bertz CT molecular complexity index is 863. The minimum atomic E-state index is -0.182. The smallest absolute Gasteiger partial charge is 0.281 e. The molecule has 5 heteroatoms. The summed E-state index contributed by atoms with van der Waals surface area (Å²) in [6, 6.07) is 10.4. The summed E-state index contributed by atoms with van der Waals surface area (Å²) in [5, 5.41) is 5.98. The Kier molecular flexibility index (Phi) is 5.01. The van der Waals surface area contributed by atoms with Gasteiger partial charge in [-0.3, -0.25) is 4.79 Å². The summed E-state index contributed by atoms with van der Waals surface area (Å²) in [4.78, 5) is 15.0. The molecular formula is C21H25N3OS. The summed E-state index contributed by atoms with van der Waals surface area (Å²) in [6.45, 7) is 11.1. The number of nitrogens with zero attached hydrogens (tertiary/aromatic N) is 2. The Labute approximate surface area is 159 Å². The van der Waals surface area contributed by atoms with Gasteiger partial charge in [0.05, 0.1) is 16.6 Å². The van der Waals surface area contributed by atoms with E-state index in [4.69, 9.17) is 0 Å². The number of hydrazone groups is 1. The zero-order valence-corrected chi connectivity index (χ0v) is 16.7. The third-order valence-electron chi connectivity index (χ3n) is 4.54. The van der Waals surface area contributed by atoms with Gasteiger partial charge in [-0.15, -0.1) is 11.3 Å². The lowest BCUT2D eigenvalue weighted by Crippen LogP contribution is -2.49. The Morgan fingerprint density at radius 3 is 2.73 bits per heavy atom.